The zero-order valence-corrected chi connectivity index (χ0v) is 20.8. The summed E-state index contributed by atoms with van der Waals surface area (Å²) in [5, 5.41) is 0. The van der Waals surface area contributed by atoms with Crippen LogP contribution in [0.15, 0.2) is 42.5 Å². The molecule has 0 saturated carbocycles. The van der Waals surface area contributed by atoms with Crippen LogP contribution >= 0.6 is 0 Å². The number of morpholine rings is 1. The van der Waals surface area contributed by atoms with Crippen molar-refractivity contribution in [2.75, 3.05) is 62.6 Å². The highest BCUT2D eigenvalue weighted by Crippen LogP contribution is 2.31. The van der Waals surface area contributed by atoms with E-state index in [1.165, 1.54) is 5.56 Å². The number of nitrogens with two attached hydrogens (primary N) is 1. The molecule has 0 unspecified atom stereocenters. The molecule has 10 nitrogen and oxygen atoms in total. The number of aromatic nitrogens is 4. The van der Waals surface area contributed by atoms with Crippen molar-refractivity contribution in [2.24, 2.45) is 0 Å². The summed E-state index contributed by atoms with van der Waals surface area (Å²) < 4.78 is 16.4. The highest BCUT2D eigenvalue weighted by molar-refractivity contribution is 5.86. The molecule has 0 bridgehead atoms. The number of hydrogen-bond donors (Lipinski definition) is 2. The predicted molar refractivity (Wildman–Crippen MR) is 141 cm³/mol. The number of nitrogens with zero attached hydrogens (tertiary/aromatic N) is 5. The smallest absolute Gasteiger partial charge is 0.234 e. The van der Waals surface area contributed by atoms with Crippen LogP contribution in [-0.4, -0.2) is 67.0 Å². The number of nitrogens with one attached hydrogen (secondary N) is 1. The molecule has 2 aromatic heterocycles. The minimum Gasteiger partial charge on any atom is -0.493 e. The van der Waals surface area contributed by atoms with Crippen LogP contribution in [0.1, 0.15) is 11.1 Å². The number of imidazole rings is 1. The summed E-state index contributed by atoms with van der Waals surface area (Å²) in [5.41, 5.74) is 10.6. The molecule has 10 heteroatoms. The SMILES string of the molecule is COc1ccc(CCN(c2ccc(C)cc2)c2nc(N3CCOCC3)c3[nH]c(N)nc3n2)cc1OC. The van der Waals surface area contributed by atoms with Crippen molar-refractivity contribution >= 4 is 34.6 Å². The number of H-pyrrole nitrogens is 1. The maximum atomic E-state index is 6.02. The van der Waals surface area contributed by atoms with Crippen molar-refractivity contribution in [2.45, 2.75) is 13.3 Å². The highest BCUT2D eigenvalue weighted by atomic mass is 16.5. The van der Waals surface area contributed by atoms with Crippen molar-refractivity contribution < 1.29 is 14.2 Å². The summed E-state index contributed by atoms with van der Waals surface area (Å²) in [6, 6.07) is 14.3. The Morgan fingerprint density at radius 2 is 1.75 bits per heavy atom. The molecule has 188 valence electrons. The van der Waals surface area contributed by atoms with Gasteiger partial charge in [-0.25, -0.2) is 0 Å². The van der Waals surface area contributed by atoms with Crippen LogP contribution in [0.4, 0.5) is 23.4 Å². The Morgan fingerprint density at radius 3 is 2.47 bits per heavy atom. The fraction of sp³-hybridized carbons (Fsp3) is 0.346. The molecule has 3 heterocycles. The molecule has 0 radical (unpaired) electrons. The van der Waals surface area contributed by atoms with Gasteiger partial charge in [0.1, 0.15) is 5.52 Å². The molecule has 4 aromatic rings. The molecule has 0 spiro atoms. The van der Waals surface area contributed by atoms with Gasteiger partial charge in [0.25, 0.3) is 0 Å². The summed E-state index contributed by atoms with van der Waals surface area (Å²) in [6.45, 7) is 5.48. The quantitative estimate of drug-likeness (QED) is 0.384. The number of ether oxygens (including phenoxy) is 3. The first-order valence-electron chi connectivity index (χ1n) is 12.0. The molecule has 0 atom stereocenters. The first-order chi connectivity index (χ1) is 17.6. The third-order valence-electron chi connectivity index (χ3n) is 6.31. The first kappa shape index (κ1) is 23.7. The Kier molecular flexibility index (Phi) is 6.77. The number of methoxy groups -OCH3 is 2. The Bertz CT molecular complexity index is 1330. The van der Waals surface area contributed by atoms with E-state index in [9.17, 15) is 0 Å². The third kappa shape index (κ3) is 4.85. The Balaban J connectivity index is 1.54. The van der Waals surface area contributed by atoms with Crippen LogP contribution in [0, 0.1) is 6.92 Å². The van der Waals surface area contributed by atoms with Crippen LogP contribution < -0.4 is 25.0 Å². The largest absolute Gasteiger partial charge is 0.493 e. The molecule has 2 aromatic carbocycles. The third-order valence-corrected chi connectivity index (χ3v) is 6.31. The van der Waals surface area contributed by atoms with Gasteiger partial charge in [-0.3, -0.25) is 0 Å². The molecule has 5 rings (SSSR count). The topological polar surface area (TPSA) is 115 Å². The second-order valence-electron chi connectivity index (χ2n) is 8.69. The average molecular weight is 490 g/mol. The Morgan fingerprint density at radius 1 is 1.00 bits per heavy atom. The van der Waals surface area contributed by atoms with Crippen LogP contribution in [0.5, 0.6) is 11.5 Å². The summed E-state index contributed by atoms with van der Waals surface area (Å²) in [7, 11) is 3.28. The number of fused-ring (bicyclic) bond motifs is 1. The number of benzene rings is 2. The van der Waals surface area contributed by atoms with Crippen molar-refractivity contribution in [3.8, 4) is 11.5 Å². The molecular formula is C26H31N7O3. The minimum atomic E-state index is 0.318. The van der Waals surface area contributed by atoms with Crippen LogP contribution in [0.25, 0.3) is 11.2 Å². The van der Waals surface area contributed by atoms with Gasteiger partial charge < -0.3 is 34.7 Å². The van der Waals surface area contributed by atoms with E-state index in [1.54, 1.807) is 14.2 Å². The van der Waals surface area contributed by atoms with Crippen molar-refractivity contribution in [1.82, 2.24) is 19.9 Å². The van der Waals surface area contributed by atoms with Crippen molar-refractivity contribution in [1.29, 1.82) is 0 Å². The number of aromatic amines is 1. The van der Waals surface area contributed by atoms with Crippen molar-refractivity contribution in [3.63, 3.8) is 0 Å². The zero-order chi connectivity index (χ0) is 25.1. The second-order valence-corrected chi connectivity index (χ2v) is 8.69. The standard InChI is InChI=1S/C26H31N7O3/c1-17-4-7-19(8-5-17)33(11-10-18-6-9-20(34-2)21(16-18)35-3)26-30-23-22(28-25(27)29-23)24(31-26)32-12-14-36-15-13-32/h4-9,16H,10-15H2,1-3H3,(H3,27,28,29,30,31). The number of rotatable bonds is 8. The lowest BCUT2D eigenvalue weighted by atomic mass is 10.1. The number of aryl methyl sites for hydroxylation is 1. The van der Waals surface area contributed by atoms with Crippen LogP contribution in [0.3, 0.4) is 0 Å². The normalized spacial score (nSPS) is 13.7. The van der Waals surface area contributed by atoms with Crippen LogP contribution in [0.2, 0.25) is 0 Å². The van der Waals surface area contributed by atoms with E-state index in [0.717, 1.165) is 42.1 Å². The molecule has 0 aliphatic carbocycles. The Labute approximate surface area is 210 Å². The molecule has 36 heavy (non-hydrogen) atoms. The van der Waals surface area contributed by atoms with E-state index < -0.39 is 0 Å². The van der Waals surface area contributed by atoms with E-state index in [4.69, 9.17) is 29.9 Å². The lowest BCUT2D eigenvalue weighted by molar-refractivity contribution is 0.122. The van der Waals surface area contributed by atoms with E-state index in [2.05, 4.69) is 51.0 Å². The Hall–Kier alpha value is -4.05. The second kappa shape index (κ2) is 10.3. The van der Waals surface area contributed by atoms with Gasteiger partial charge in [0.05, 0.1) is 27.4 Å². The number of nitrogen functional groups attached to an aromatic ring is 1. The molecular weight excluding hydrogens is 458 g/mol. The van der Waals surface area contributed by atoms with Gasteiger partial charge in [-0.05, 0) is 43.2 Å². The molecule has 1 aliphatic heterocycles. The van der Waals surface area contributed by atoms with E-state index in [0.29, 0.717) is 48.8 Å². The minimum absolute atomic E-state index is 0.318. The zero-order valence-electron chi connectivity index (χ0n) is 20.8. The number of hydrogen-bond acceptors (Lipinski definition) is 9. The fourth-order valence-corrected chi connectivity index (χ4v) is 4.36. The van der Waals surface area contributed by atoms with Gasteiger partial charge in [-0.2, -0.15) is 15.0 Å². The summed E-state index contributed by atoms with van der Waals surface area (Å²) in [4.78, 5) is 21.7. The van der Waals surface area contributed by atoms with Gasteiger partial charge in [-0.1, -0.05) is 23.8 Å². The van der Waals surface area contributed by atoms with Crippen LogP contribution in [-0.2, 0) is 11.2 Å². The molecule has 1 saturated heterocycles. The summed E-state index contributed by atoms with van der Waals surface area (Å²) in [6.07, 6.45) is 0.741. The molecule has 1 aliphatic rings. The fourth-order valence-electron chi connectivity index (χ4n) is 4.36. The number of anilines is 4. The maximum absolute atomic E-state index is 6.02. The van der Waals surface area contributed by atoms with E-state index >= 15 is 0 Å². The first-order valence-corrected chi connectivity index (χ1v) is 12.0. The van der Waals surface area contributed by atoms with E-state index in [1.807, 2.05) is 18.2 Å². The molecule has 0 amide bonds. The monoisotopic (exact) mass is 489 g/mol. The van der Waals surface area contributed by atoms with Gasteiger partial charge in [-0.15, -0.1) is 0 Å². The van der Waals surface area contributed by atoms with E-state index in [-0.39, 0.29) is 0 Å². The lowest BCUT2D eigenvalue weighted by Gasteiger charge is -2.29. The highest BCUT2D eigenvalue weighted by Gasteiger charge is 2.23. The average Bonchev–Trinajstić information content (AvgIpc) is 3.29. The lowest BCUT2D eigenvalue weighted by Crippen LogP contribution is -2.37. The van der Waals surface area contributed by atoms with Gasteiger partial charge in [0, 0.05) is 25.3 Å². The van der Waals surface area contributed by atoms with Gasteiger partial charge in [0.15, 0.2) is 28.9 Å². The summed E-state index contributed by atoms with van der Waals surface area (Å²) >= 11 is 0. The van der Waals surface area contributed by atoms with Crippen molar-refractivity contribution in [3.05, 3.63) is 53.6 Å². The maximum Gasteiger partial charge on any atom is 0.234 e. The van der Waals surface area contributed by atoms with Gasteiger partial charge in [0.2, 0.25) is 5.95 Å². The predicted octanol–water partition coefficient (Wildman–Crippen LogP) is 3.48. The molecule has 1 fully saturated rings. The summed E-state index contributed by atoms with van der Waals surface area (Å²) in [5.74, 6) is 3.08. The molecule has 3 N–H and O–H groups in total. The van der Waals surface area contributed by atoms with Gasteiger partial charge >= 0.3 is 0 Å².